The number of hydrogen-bond acceptors (Lipinski definition) is 12. The van der Waals surface area contributed by atoms with E-state index in [9.17, 15) is 26.4 Å². The number of fused-ring (bicyclic) bond motifs is 3. The molecule has 2 amide bonds. The molecule has 0 radical (unpaired) electrons. The van der Waals surface area contributed by atoms with Gasteiger partial charge in [0.2, 0.25) is 20.0 Å². The van der Waals surface area contributed by atoms with Gasteiger partial charge in [-0.25, -0.2) is 35.9 Å². The minimum absolute atomic E-state index is 0.0370. The van der Waals surface area contributed by atoms with Crippen LogP contribution in [0, 0.1) is 0 Å². The number of anilines is 4. The summed E-state index contributed by atoms with van der Waals surface area (Å²) in [5, 5.41) is 26.6. The van der Waals surface area contributed by atoms with Crippen molar-refractivity contribution in [3.05, 3.63) is 71.0 Å². The van der Waals surface area contributed by atoms with Gasteiger partial charge in [0.05, 0.1) is 22.5 Å². The lowest BCUT2D eigenvalue weighted by Gasteiger charge is -2.17. The summed E-state index contributed by atoms with van der Waals surface area (Å²) in [6, 6.07) is 14.8. The lowest BCUT2D eigenvalue weighted by molar-refractivity contribution is 0.0972. The first kappa shape index (κ1) is 43.5. The highest BCUT2D eigenvalue weighted by Crippen LogP contribution is 2.54. The van der Waals surface area contributed by atoms with Crippen molar-refractivity contribution in [1.82, 2.24) is 40.5 Å². The maximum atomic E-state index is 12.7. The maximum Gasteiger partial charge on any atom is 0.407 e. The molecule has 3 saturated carbocycles. The summed E-state index contributed by atoms with van der Waals surface area (Å²) in [4.78, 5) is 24.3. The molecular weight excluding hydrogens is 837 g/mol. The average Bonchev–Trinajstić information content (AvgIpc) is 3.80. The van der Waals surface area contributed by atoms with Gasteiger partial charge < -0.3 is 30.7 Å². The number of rotatable bonds is 10. The molecule has 20 heteroatoms. The maximum absolute atomic E-state index is 12.7. The normalized spacial score (nSPS) is 24.2. The molecule has 334 valence electrons. The third-order valence-electron chi connectivity index (χ3n) is 12.0. The van der Waals surface area contributed by atoms with Gasteiger partial charge in [0.15, 0.2) is 11.6 Å². The fourth-order valence-corrected chi connectivity index (χ4v) is 12.8. The molecular formula is C42H56N10O8S2. The van der Waals surface area contributed by atoms with Crippen molar-refractivity contribution in [2.75, 3.05) is 10.6 Å². The van der Waals surface area contributed by atoms with Crippen molar-refractivity contribution in [2.45, 2.75) is 150 Å². The predicted octanol–water partition coefficient (Wildman–Crippen LogP) is 6.66. The molecule has 9 rings (SSSR count). The van der Waals surface area contributed by atoms with E-state index in [0.29, 0.717) is 27.9 Å². The number of H-pyrrole nitrogens is 2. The number of alkyl carbamates (subject to hydrolysis) is 2. The van der Waals surface area contributed by atoms with Gasteiger partial charge in [-0.1, -0.05) is 24.3 Å². The second kappa shape index (κ2) is 16.5. The molecule has 0 bridgehead atoms. The number of nitrogens with one attached hydrogen (secondary N) is 8. The quantitative estimate of drug-likeness (QED) is 0.0833. The highest BCUT2D eigenvalue weighted by atomic mass is 32.2. The van der Waals surface area contributed by atoms with Crippen LogP contribution in [-0.2, 0) is 40.6 Å². The topological polar surface area (TPSA) is 250 Å². The van der Waals surface area contributed by atoms with Crippen LogP contribution in [0.3, 0.4) is 0 Å². The predicted molar refractivity (Wildman–Crippen MR) is 231 cm³/mol. The van der Waals surface area contributed by atoms with Gasteiger partial charge in [-0.2, -0.15) is 10.2 Å². The van der Waals surface area contributed by atoms with Gasteiger partial charge >= 0.3 is 12.2 Å². The summed E-state index contributed by atoms with van der Waals surface area (Å²) < 4.78 is 67.2. The van der Waals surface area contributed by atoms with Crippen molar-refractivity contribution in [3.63, 3.8) is 0 Å². The van der Waals surface area contributed by atoms with Crippen LogP contribution in [0.4, 0.5) is 32.6 Å². The zero-order chi connectivity index (χ0) is 44.2. The second-order valence-corrected chi connectivity index (χ2v) is 21.4. The van der Waals surface area contributed by atoms with Gasteiger partial charge in [-0.3, -0.25) is 10.2 Å². The number of amides is 2. The van der Waals surface area contributed by atoms with E-state index >= 15 is 0 Å². The van der Waals surface area contributed by atoms with E-state index in [4.69, 9.17) is 9.47 Å². The molecule has 2 aromatic heterocycles. The lowest BCUT2D eigenvalue weighted by Crippen LogP contribution is -2.33. The summed E-state index contributed by atoms with van der Waals surface area (Å²) in [6.45, 7) is 11.3. The van der Waals surface area contributed by atoms with Crippen molar-refractivity contribution in [1.29, 1.82) is 0 Å². The smallest absolute Gasteiger partial charge is 0.407 e. The summed E-state index contributed by atoms with van der Waals surface area (Å²) in [6.07, 6.45) is 5.47. The van der Waals surface area contributed by atoms with Gasteiger partial charge in [-0.15, -0.1) is 0 Å². The highest BCUT2D eigenvalue weighted by molar-refractivity contribution is 7.90. The Balaban J connectivity index is 0.000000171. The zero-order valence-electron chi connectivity index (χ0n) is 35.7. The molecule has 0 saturated heterocycles. The minimum atomic E-state index is -3.61. The summed E-state index contributed by atoms with van der Waals surface area (Å²) in [5.41, 5.74) is 3.40. The lowest BCUT2D eigenvalue weighted by atomic mass is 9.95. The molecule has 1 spiro atoms. The summed E-state index contributed by atoms with van der Waals surface area (Å²) in [5.74, 6) is 1.52. The Morgan fingerprint density at radius 1 is 0.677 bits per heavy atom. The molecule has 62 heavy (non-hydrogen) atoms. The first-order valence-electron chi connectivity index (χ1n) is 21.2. The molecule has 3 aliphatic carbocycles. The number of sulfonamides is 2. The van der Waals surface area contributed by atoms with E-state index in [-0.39, 0.29) is 53.2 Å². The molecule has 3 fully saturated rings. The Kier molecular flexibility index (Phi) is 11.6. The zero-order valence-corrected chi connectivity index (χ0v) is 37.3. The number of carbonyl (C=O) groups is 2. The molecule has 5 aliphatic rings. The molecule has 18 nitrogen and oxygen atoms in total. The van der Waals surface area contributed by atoms with E-state index in [1.165, 1.54) is 0 Å². The van der Waals surface area contributed by atoms with E-state index < -0.39 is 31.1 Å². The number of ether oxygens (including phenoxy) is 2. The Labute approximate surface area is 362 Å². The fourth-order valence-electron chi connectivity index (χ4n) is 9.02. The SMILES string of the molecule is CC(C)NC(=O)O[C@@H]1CC[C@H](c2cc(Nc3cccc4c3S(=O)(=O)NC4(C)C)n[nH]2)C1.CC(C)NC(=O)O[C@@H]1CC[C@H](c2cc(Nc3cccc4c3S(=O)(=O)NC43CC3)n[nH]2)C1. The third-order valence-corrected chi connectivity index (χ3v) is 15.3. The summed E-state index contributed by atoms with van der Waals surface area (Å²) in [7, 11) is -7.15. The van der Waals surface area contributed by atoms with Crippen LogP contribution < -0.4 is 30.7 Å². The average molecular weight is 893 g/mol. The van der Waals surface area contributed by atoms with Gasteiger partial charge in [-0.05, 0) is 116 Å². The molecule has 4 atom stereocenters. The standard InChI is InChI=1S/C21H27N5O4S.C21H29N5O4S/c1-12(2)22-20(27)30-14-7-6-13(10-14)17-11-18(25-24-17)23-16-5-3-4-15-19(16)31(28,29)26-21(15)8-9-21;1-12(2)22-20(27)30-14-9-8-13(10-14)17-11-18(25-24-17)23-16-7-5-6-15-19(16)31(28,29)26-21(15,3)4/h3-5,11-14,26H,6-10H2,1-2H3,(H,22,27)(H2,23,24,25);5-7,11-14,26H,8-10H2,1-4H3,(H,22,27)(H2,23,24,25)/t2*13-,14+/m00/s1. The van der Waals surface area contributed by atoms with Crippen molar-refractivity contribution in [3.8, 4) is 0 Å². The van der Waals surface area contributed by atoms with Crippen molar-refractivity contribution >= 4 is 55.2 Å². The number of carbonyl (C=O) groups excluding carboxylic acids is 2. The highest BCUT2D eigenvalue weighted by Gasteiger charge is 2.55. The van der Waals surface area contributed by atoms with Crippen LogP contribution in [0.1, 0.15) is 127 Å². The monoisotopic (exact) mass is 892 g/mol. The minimum Gasteiger partial charge on any atom is -0.446 e. The molecule has 8 N–H and O–H groups in total. The van der Waals surface area contributed by atoms with Crippen molar-refractivity contribution < 1.29 is 35.9 Å². The molecule has 2 aromatic carbocycles. The van der Waals surface area contributed by atoms with Crippen molar-refractivity contribution in [2.24, 2.45) is 0 Å². The van der Waals surface area contributed by atoms with Gasteiger partial charge in [0, 0.05) is 47.4 Å². The van der Waals surface area contributed by atoms with E-state index in [2.05, 4.69) is 51.1 Å². The fraction of sp³-hybridized carbons (Fsp3) is 0.524. The number of nitrogens with zero attached hydrogens (tertiary/aromatic N) is 2. The van der Waals surface area contributed by atoms with Crippen LogP contribution in [-0.4, -0.2) is 73.7 Å². The number of hydrogen-bond donors (Lipinski definition) is 8. The first-order valence-corrected chi connectivity index (χ1v) is 24.2. The Morgan fingerprint density at radius 2 is 1.13 bits per heavy atom. The molecule has 4 aromatic rings. The number of aromatic amines is 2. The first-order chi connectivity index (χ1) is 29.3. The van der Waals surface area contributed by atoms with E-state index in [0.717, 1.165) is 73.9 Å². The van der Waals surface area contributed by atoms with Gasteiger partial charge in [0.25, 0.3) is 0 Å². The number of benzene rings is 2. The van der Waals surface area contributed by atoms with Crippen LogP contribution in [0.25, 0.3) is 0 Å². The van der Waals surface area contributed by atoms with Crippen LogP contribution in [0.2, 0.25) is 0 Å². The second-order valence-electron chi connectivity index (χ2n) is 18.1. The van der Waals surface area contributed by atoms with Crippen LogP contribution in [0.15, 0.2) is 58.3 Å². The summed E-state index contributed by atoms with van der Waals surface area (Å²) >= 11 is 0. The Morgan fingerprint density at radius 3 is 1.60 bits per heavy atom. The molecule has 0 unspecified atom stereocenters. The Hall–Kier alpha value is -5.18. The van der Waals surface area contributed by atoms with E-state index in [1.807, 2.05) is 77.9 Å². The molecule has 2 aliphatic heterocycles. The van der Waals surface area contributed by atoms with Crippen LogP contribution >= 0.6 is 0 Å². The third kappa shape index (κ3) is 9.14. The Bertz CT molecular complexity index is 2400. The van der Waals surface area contributed by atoms with Gasteiger partial charge in [0.1, 0.15) is 22.0 Å². The largest absolute Gasteiger partial charge is 0.446 e. The van der Waals surface area contributed by atoms with Crippen LogP contribution in [0.5, 0.6) is 0 Å². The van der Waals surface area contributed by atoms with E-state index in [1.54, 1.807) is 12.1 Å². The molecule has 4 heterocycles. The number of aromatic nitrogens is 4.